The number of carbonyl (C=O) groups is 1. The molecule has 0 spiro atoms. The van der Waals surface area contributed by atoms with Gasteiger partial charge in [-0.2, -0.15) is 0 Å². The molecule has 0 heterocycles. The molecule has 2 N–H and O–H groups in total. The summed E-state index contributed by atoms with van der Waals surface area (Å²) in [5.41, 5.74) is 0.765. The molecule has 0 aliphatic heterocycles. The summed E-state index contributed by atoms with van der Waals surface area (Å²) in [4.78, 5) is 11.7. The number of hydrogen-bond acceptors (Lipinski definition) is 2. The van der Waals surface area contributed by atoms with Crippen LogP contribution in [0.25, 0.3) is 0 Å². The molecule has 0 aliphatic rings. The first-order valence-corrected chi connectivity index (χ1v) is 6.95. The van der Waals surface area contributed by atoms with Crippen molar-refractivity contribution in [1.29, 1.82) is 0 Å². The summed E-state index contributed by atoms with van der Waals surface area (Å²) >= 11 is 9.20. The lowest BCUT2D eigenvalue weighted by Crippen LogP contribution is -2.37. The molecule has 0 aliphatic carbocycles. The summed E-state index contributed by atoms with van der Waals surface area (Å²) in [5.74, 6) is -0.0187. The van der Waals surface area contributed by atoms with Crippen LogP contribution in [0.2, 0.25) is 5.02 Å². The zero-order valence-corrected chi connectivity index (χ0v) is 13.2. The van der Waals surface area contributed by atoms with Crippen LogP contribution >= 0.6 is 27.5 Å². The third kappa shape index (κ3) is 5.85. The van der Waals surface area contributed by atoms with E-state index in [1.165, 1.54) is 0 Å². The molecule has 0 atom stereocenters. The van der Waals surface area contributed by atoms with Gasteiger partial charge in [0, 0.05) is 28.0 Å². The Balaban J connectivity index is 2.45. The molecule has 100 valence electrons. The highest BCUT2D eigenvalue weighted by atomic mass is 79.9. The van der Waals surface area contributed by atoms with Crippen LogP contribution in [0, 0.1) is 0 Å². The molecule has 18 heavy (non-hydrogen) atoms. The molecular weight excluding hydrogens is 316 g/mol. The number of amides is 1. The van der Waals surface area contributed by atoms with Crippen LogP contribution in [0.15, 0.2) is 22.7 Å². The van der Waals surface area contributed by atoms with Crippen molar-refractivity contribution in [3.8, 4) is 0 Å². The number of halogens is 2. The van der Waals surface area contributed by atoms with Gasteiger partial charge in [-0.25, -0.2) is 0 Å². The van der Waals surface area contributed by atoms with Gasteiger partial charge in [-0.05, 0) is 54.9 Å². The van der Waals surface area contributed by atoms with Gasteiger partial charge in [-0.1, -0.05) is 11.6 Å². The first-order valence-electron chi connectivity index (χ1n) is 5.78. The second kappa shape index (κ2) is 6.55. The molecule has 0 unspecified atom stereocenters. The lowest BCUT2D eigenvalue weighted by atomic mass is 10.1. The van der Waals surface area contributed by atoms with Gasteiger partial charge >= 0.3 is 0 Å². The van der Waals surface area contributed by atoms with Gasteiger partial charge in [0.25, 0.3) is 0 Å². The van der Waals surface area contributed by atoms with Crippen LogP contribution < -0.4 is 10.6 Å². The minimum Gasteiger partial charge on any atom is -0.325 e. The van der Waals surface area contributed by atoms with E-state index < -0.39 is 0 Å². The molecule has 1 aromatic rings. The van der Waals surface area contributed by atoms with Crippen molar-refractivity contribution in [3.05, 3.63) is 27.7 Å². The fourth-order valence-corrected chi connectivity index (χ4v) is 2.14. The van der Waals surface area contributed by atoms with Crippen molar-refractivity contribution in [1.82, 2.24) is 5.32 Å². The average Bonchev–Trinajstić information content (AvgIpc) is 2.20. The van der Waals surface area contributed by atoms with Crippen molar-refractivity contribution in [2.24, 2.45) is 0 Å². The first kappa shape index (κ1) is 15.5. The van der Waals surface area contributed by atoms with E-state index in [4.69, 9.17) is 11.6 Å². The molecule has 1 amide bonds. The van der Waals surface area contributed by atoms with Gasteiger partial charge in [0.2, 0.25) is 5.91 Å². The van der Waals surface area contributed by atoms with E-state index in [9.17, 15) is 4.79 Å². The van der Waals surface area contributed by atoms with E-state index in [2.05, 4.69) is 47.3 Å². The fourth-order valence-electron chi connectivity index (χ4n) is 1.35. The third-order valence-electron chi connectivity index (χ3n) is 2.21. The van der Waals surface area contributed by atoms with Gasteiger partial charge < -0.3 is 10.6 Å². The van der Waals surface area contributed by atoms with E-state index in [1.54, 1.807) is 18.2 Å². The van der Waals surface area contributed by atoms with Crippen LogP contribution in [-0.4, -0.2) is 18.0 Å². The van der Waals surface area contributed by atoms with Gasteiger partial charge in [0.15, 0.2) is 0 Å². The fraction of sp³-hybridized carbons (Fsp3) is 0.462. The lowest BCUT2D eigenvalue weighted by Gasteiger charge is -2.20. The number of benzene rings is 1. The molecule has 0 saturated carbocycles. The number of rotatable bonds is 4. The summed E-state index contributed by atoms with van der Waals surface area (Å²) in [5, 5.41) is 6.74. The number of carbonyl (C=O) groups excluding carboxylic acids is 1. The first-order chi connectivity index (χ1) is 8.28. The van der Waals surface area contributed by atoms with Crippen LogP contribution in [0.5, 0.6) is 0 Å². The Hall–Kier alpha value is -0.580. The minimum atomic E-state index is -0.0187. The number of hydrogen-bond donors (Lipinski definition) is 2. The molecule has 0 saturated heterocycles. The zero-order valence-electron chi connectivity index (χ0n) is 10.8. The zero-order chi connectivity index (χ0) is 13.8. The number of anilines is 1. The highest BCUT2D eigenvalue weighted by Gasteiger charge is 2.10. The van der Waals surface area contributed by atoms with Gasteiger partial charge in [-0.3, -0.25) is 4.79 Å². The Morgan fingerprint density at radius 3 is 2.61 bits per heavy atom. The van der Waals surface area contributed by atoms with Crippen LogP contribution in [0.4, 0.5) is 5.69 Å². The molecule has 1 aromatic carbocycles. The second-order valence-corrected chi connectivity index (χ2v) is 6.39. The van der Waals surface area contributed by atoms with Crippen molar-refractivity contribution in [3.63, 3.8) is 0 Å². The summed E-state index contributed by atoms with van der Waals surface area (Å²) in [6.45, 7) is 6.86. The predicted molar refractivity (Wildman–Crippen MR) is 80.2 cm³/mol. The smallest absolute Gasteiger partial charge is 0.225 e. The molecule has 0 radical (unpaired) electrons. The van der Waals surface area contributed by atoms with E-state index in [0.717, 1.165) is 10.2 Å². The monoisotopic (exact) mass is 332 g/mol. The minimum absolute atomic E-state index is 0.0187. The van der Waals surface area contributed by atoms with Crippen molar-refractivity contribution in [2.45, 2.75) is 32.7 Å². The summed E-state index contributed by atoms with van der Waals surface area (Å²) in [6.07, 6.45) is 0.437. The van der Waals surface area contributed by atoms with Crippen molar-refractivity contribution < 1.29 is 4.79 Å². The Bertz CT molecular complexity index is 429. The highest BCUT2D eigenvalue weighted by Crippen LogP contribution is 2.25. The SMILES string of the molecule is CC(C)(C)NCCC(=O)Nc1ccc(Cl)cc1Br. The van der Waals surface area contributed by atoms with E-state index in [-0.39, 0.29) is 11.4 Å². The normalized spacial score (nSPS) is 11.4. The maximum atomic E-state index is 11.7. The van der Waals surface area contributed by atoms with E-state index in [1.807, 2.05) is 0 Å². The summed E-state index contributed by atoms with van der Waals surface area (Å²) in [6, 6.07) is 5.28. The maximum absolute atomic E-state index is 11.7. The third-order valence-corrected chi connectivity index (χ3v) is 3.10. The Labute approximate surface area is 121 Å². The van der Waals surface area contributed by atoms with Gasteiger partial charge in [0.05, 0.1) is 5.69 Å². The quantitative estimate of drug-likeness (QED) is 0.879. The molecule has 1 rings (SSSR count). The van der Waals surface area contributed by atoms with E-state index in [0.29, 0.717) is 18.0 Å². The van der Waals surface area contributed by atoms with E-state index >= 15 is 0 Å². The molecule has 0 bridgehead atoms. The number of nitrogens with one attached hydrogen (secondary N) is 2. The molecule has 3 nitrogen and oxygen atoms in total. The molecule has 0 aromatic heterocycles. The van der Waals surface area contributed by atoms with Crippen LogP contribution in [-0.2, 0) is 4.79 Å². The summed E-state index contributed by atoms with van der Waals surface area (Å²) < 4.78 is 0.784. The van der Waals surface area contributed by atoms with Crippen LogP contribution in [0.1, 0.15) is 27.2 Å². The standard InChI is InChI=1S/C13H18BrClN2O/c1-13(2,3)16-7-6-12(18)17-11-5-4-9(15)8-10(11)14/h4-5,8,16H,6-7H2,1-3H3,(H,17,18). The Kier molecular flexibility index (Phi) is 5.63. The van der Waals surface area contributed by atoms with Crippen LogP contribution in [0.3, 0.4) is 0 Å². The Morgan fingerprint density at radius 1 is 1.39 bits per heavy atom. The van der Waals surface area contributed by atoms with Gasteiger partial charge in [0.1, 0.15) is 0 Å². The lowest BCUT2D eigenvalue weighted by molar-refractivity contribution is -0.116. The predicted octanol–water partition coefficient (Wildman–Crippen LogP) is 3.82. The van der Waals surface area contributed by atoms with Crippen molar-refractivity contribution >= 4 is 39.1 Å². The maximum Gasteiger partial charge on any atom is 0.225 e. The largest absolute Gasteiger partial charge is 0.325 e. The Morgan fingerprint density at radius 2 is 2.06 bits per heavy atom. The molecular formula is C13H18BrClN2O. The van der Waals surface area contributed by atoms with Gasteiger partial charge in [-0.15, -0.1) is 0 Å². The average molecular weight is 334 g/mol. The van der Waals surface area contributed by atoms with Crippen molar-refractivity contribution in [2.75, 3.05) is 11.9 Å². The molecule has 5 heteroatoms. The summed E-state index contributed by atoms with van der Waals surface area (Å²) in [7, 11) is 0. The highest BCUT2D eigenvalue weighted by molar-refractivity contribution is 9.10. The second-order valence-electron chi connectivity index (χ2n) is 5.10. The molecule has 0 fully saturated rings. The topological polar surface area (TPSA) is 41.1 Å².